The number of benzene rings is 2. The predicted molar refractivity (Wildman–Crippen MR) is 75.7 cm³/mol. The smallest absolute Gasteiger partial charge is 0.125 e. The average Bonchev–Trinajstić information content (AvgIpc) is 2.44. The Balaban J connectivity index is 1.90. The normalized spacial score (nSPS) is 12.1. The molecule has 0 aliphatic rings. The predicted octanol–water partition coefficient (Wildman–Crippen LogP) is 3.23. The molecule has 0 fully saturated rings. The molecule has 0 amide bonds. The zero-order valence-corrected chi connectivity index (χ0v) is 10.7. The third kappa shape index (κ3) is 4.38. The average molecular weight is 259 g/mol. The summed E-state index contributed by atoms with van der Waals surface area (Å²) in [6.45, 7) is 0.0311. The van der Waals surface area contributed by atoms with E-state index in [1.807, 2.05) is 18.2 Å². The summed E-state index contributed by atoms with van der Waals surface area (Å²) in [4.78, 5) is 0. The van der Waals surface area contributed by atoms with Gasteiger partial charge in [-0.05, 0) is 36.6 Å². The fraction of sp³-hybridized carbons (Fsp3) is 0.250. The maximum absolute atomic E-state index is 13.1. The third-order valence-electron chi connectivity index (χ3n) is 3.04. The molecule has 0 aliphatic heterocycles. The van der Waals surface area contributed by atoms with E-state index >= 15 is 0 Å². The van der Waals surface area contributed by atoms with Crippen LogP contribution in [0.2, 0.25) is 0 Å². The molecule has 0 saturated carbocycles. The molecule has 1 unspecified atom stereocenters. The van der Waals surface area contributed by atoms with Crippen molar-refractivity contribution >= 4 is 5.69 Å². The lowest BCUT2D eigenvalue weighted by Crippen LogP contribution is -2.24. The number of anilines is 1. The zero-order valence-electron chi connectivity index (χ0n) is 10.7. The molecule has 3 heteroatoms. The van der Waals surface area contributed by atoms with E-state index in [9.17, 15) is 9.50 Å². The highest BCUT2D eigenvalue weighted by Gasteiger charge is 2.07. The molecule has 2 N–H and O–H groups in total. The van der Waals surface area contributed by atoms with Crippen molar-refractivity contribution < 1.29 is 9.50 Å². The van der Waals surface area contributed by atoms with E-state index in [4.69, 9.17) is 0 Å². The summed E-state index contributed by atoms with van der Waals surface area (Å²) in [5.41, 5.74) is 1.94. The van der Waals surface area contributed by atoms with Gasteiger partial charge in [-0.3, -0.25) is 0 Å². The lowest BCUT2D eigenvalue weighted by Gasteiger charge is -2.17. The maximum atomic E-state index is 13.1. The largest absolute Gasteiger partial charge is 0.394 e. The van der Waals surface area contributed by atoms with Gasteiger partial charge in [-0.2, -0.15) is 0 Å². The van der Waals surface area contributed by atoms with Crippen LogP contribution in [-0.4, -0.2) is 17.8 Å². The van der Waals surface area contributed by atoms with E-state index in [1.54, 1.807) is 12.1 Å². The van der Waals surface area contributed by atoms with Gasteiger partial charge in [0.25, 0.3) is 0 Å². The lowest BCUT2D eigenvalue weighted by atomic mass is 10.1. The van der Waals surface area contributed by atoms with Gasteiger partial charge in [0.05, 0.1) is 6.61 Å². The molecule has 0 radical (unpaired) electrons. The molecule has 2 rings (SSSR count). The number of aliphatic hydroxyl groups excluding tert-OH is 1. The third-order valence-corrected chi connectivity index (χ3v) is 3.04. The number of rotatable bonds is 6. The first-order valence-corrected chi connectivity index (χ1v) is 6.45. The SMILES string of the molecule is OCC(CCc1ccccc1)Nc1cccc(F)c1. The van der Waals surface area contributed by atoms with Crippen molar-refractivity contribution in [3.8, 4) is 0 Å². The van der Waals surface area contributed by atoms with Crippen molar-refractivity contribution in [3.63, 3.8) is 0 Å². The van der Waals surface area contributed by atoms with Crippen LogP contribution >= 0.6 is 0 Å². The summed E-state index contributed by atoms with van der Waals surface area (Å²) < 4.78 is 13.1. The van der Waals surface area contributed by atoms with Crippen molar-refractivity contribution in [3.05, 3.63) is 66.0 Å². The Bertz CT molecular complexity index is 501. The summed E-state index contributed by atoms with van der Waals surface area (Å²) >= 11 is 0. The highest BCUT2D eigenvalue weighted by molar-refractivity contribution is 5.44. The van der Waals surface area contributed by atoms with Crippen molar-refractivity contribution in [2.75, 3.05) is 11.9 Å². The fourth-order valence-corrected chi connectivity index (χ4v) is 2.01. The van der Waals surface area contributed by atoms with Crippen LogP contribution < -0.4 is 5.32 Å². The Morgan fingerprint density at radius 2 is 1.84 bits per heavy atom. The fourth-order valence-electron chi connectivity index (χ4n) is 2.01. The minimum atomic E-state index is -0.273. The molecule has 0 aromatic heterocycles. The second-order valence-corrected chi connectivity index (χ2v) is 4.56. The zero-order chi connectivity index (χ0) is 13.5. The van der Waals surface area contributed by atoms with Gasteiger partial charge < -0.3 is 10.4 Å². The Labute approximate surface area is 112 Å². The van der Waals surface area contributed by atoms with Crippen LogP contribution in [0.25, 0.3) is 0 Å². The van der Waals surface area contributed by atoms with Gasteiger partial charge in [0.2, 0.25) is 0 Å². The van der Waals surface area contributed by atoms with E-state index in [1.165, 1.54) is 17.7 Å². The Hall–Kier alpha value is -1.87. The molecule has 2 nitrogen and oxygen atoms in total. The molecule has 0 saturated heterocycles. The number of hydrogen-bond acceptors (Lipinski definition) is 2. The standard InChI is InChI=1S/C16H18FNO/c17-14-7-4-8-15(11-14)18-16(12-19)10-9-13-5-2-1-3-6-13/h1-8,11,16,18-19H,9-10,12H2. The number of aliphatic hydroxyl groups is 1. The summed E-state index contributed by atoms with van der Waals surface area (Å²) in [5.74, 6) is -0.273. The van der Waals surface area contributed by atoms with E-state index in [0.717, 1.165) is 12.8 Å². The van der Waals surface area contributed by atoms with Crippen LogP contribution in [0.1, 0.15) is 12.0 Å². The van der Waals surface area contributed by atoms with Crippen LogP contribution in [0.3, 0.4) is 0 Å². The van der Waals surface area contributed by atoms with Gasteiger partial charge in [0.1, 0.15) is 5.82 Å². The Morgan fingerprint density at radius 1 is 1.05 bits per heavy atom. The molecule has 0 aliphatic carbocycles. The van der Waals surface area contributed by atoms with Gasteiger partial charge in [0, 0.05) is 11.7 Å². The molecule has 0 spiro atoms. The van der Waals surface area contributed by atoms with Gasteiger partial charge in [-0.1, -0.05) is 36.4 Å². The highest BCUT2D eigenvalue weighted by atomic mass is 19.1. The monoisotopic (exact) mass is 259 g/mol. The second kappa shape index (κ2) is 6.90. The summed E-state index contributed by atoms with van der Waals surface area (Å²) in [5, 5.41) is 12.5. The molecule has 0 heterocycles. The molecule has 2 aromatic rings. The minimum absolute atomic E-state index is 0.0311. The summed E-state index contributed by atoms with van der Waals surface area (Å²) in [6, 6.07) is 16.4. The van der Waals surface area contributed by atoms with E-state index in [0.29, 0.717) is 5.69 Å². The lowest BCUT2D eigenvalue weighted by molar-refractivity contribution is 0.269. The molecule has 100 valence electrons. The van der Waals surface area contributed by atoms with Gasteiger partial charge >= 0.3 is 0 Å². The van der Waals surface area contributed by atoms with Crippen LogP contribution in [0.15, 0.2) is 54.6 Å². The van der Waals surface area contributed by atoms with Crippen molar-refractivity contribution in [2.24, 2.45) is 0 Å². The van der Waals surface area contributed by atoms with Crippen LogP contribution in [0, 0.1) is 5.82 Å². The number of aryl methyl sites for hydroxylation is 1. The number of hydrogen-bond donors (Lipinski definition) is 2. The first-order chi connectivity index (χ1) is 9.28. The first-order valence-electron chi connectivity index (χ1n) is 6.45. The van der Waals surface area contributed by atoms with Crippen LogP contribution in [0.4, 0.5) is 10.1 Å². The highest BCUT2D eigenvalue weighted by Crippen LogP contribution is 2.13. The van der Waals surface area contributed by atoms with Crippen LogP contribution in [0.5, 0.6) is 0 Å². The van der Waals surface area contributed by atoms with Gasteiger partial charge in [-0.25, -0.2) is 4.39 Å². The van der Waals surface area contributed by atoms with E-state index in [-0.39, 0.29) is 18.5 Å². The van der Waals surface area contributed by atoms with Crippen molar-refractivity contribution in [1.29, 1.82) is 0 Å². The summed E-state index contributed by atoms with van der Waals surface area (Å²) in [6.07, 6.45) is 1.69. The quantitative estimate of drug-likeness (QED) is 0.834. The maximum Gasteiger partial charge on any atom is 0.125 e. The van der Waals surface area contributed by atoms with Crippen LogP contribution in [-0.2, 0) is 6.42 Å². The molecular weight excluding hydrogens is 241 g/mol. The Kier molecular flexibility index (Phi) is 4.93. The van der Waals surface area contributed by atoms with Gasteiger partial charge in [-0.15, -0.1) is 0 Å². The Morgan fingerprint density at radius 3 is 2.53 bits per heavy atom. The van der Waals surface area contributed by atoms with Crippen molar-refractivity contribution in [1.82, 2.24) is 0 Å². The molecule has 2 aromatic carbocycles. The summed E-state index contributed by atoms with van der Waals surface area (Å²) in [7, 11) is 0. The minimum Gasteiger partial charge on any atom is -0.394 e. The molecular formula is C16H18FNO. The number of halogens is 1. The number of nitrogens with one attached hydrogen (secondary N) is 1. The van der Waals surface area contributed by atoms with E-state index in [2.05, 4.69) is 17.4 Å². The first kappa shape index (κ1) is 13.6. The van der Waals surface area contributed by atoms with E-state index < -0.39 is 0 Å². The molecule has 19 heavy (non-hydrogen) atoms. The van der Waals surface area contributed by atoms with Crippen molar-refractivity contribution in [2.45, 2.75) is 18.9 Å². The van der Waals surface area contributed by atoms with Gasteiger partial charge in [0.15, 0.2) is 0 Å². The second-order valence-electron chi connectivity index (χ2n) is 4.56. The topological polar surface area (TPSA) is 32.3 Å². The molecule has 0 bridgehead atoms. The molecule has 1 atom stereocenters.